The van der Waals surface area contributed by atoms with Crippen LogP contribution in [0.3, 0.4) is 0 Å². The van der Waals surface area contributed by atoms with Crippen LogP contribution in [0.2, 0.25) is 0 Å². The number of rotatable bonds is 7. The van der Waals surface area contributed by atoms with Gasteiger partial charge in [0.1, 0.15) is 0 Å². The van der Waals surface area contributed by atoms with E-state index in [0.717, 1.165) is 12.8 Å². The Morgan fingerprint density at radius 3 is 2.65 bits per heavy atom. The molecule has 3 nitrogen and oxygen atoms in total. The van der Waals surface area contributed by atoms with E-state index in [9.17, 15) is 4.79 Å². The lowest BCUT2D eigenvalue weighted by atomic mass is 10.1. The summed E-state index contributed by atoms with van der Waals surface area (Å²) in [5.41, 5.74) is 0. The Labute approximate surface area is 104 Å². The SMILES string of the molecule is CCCCCCC#CC(CCC#N)OC(C)=O. The Balaban J connectivity index is 3.92. The molecule has 0 N–H and O–H groups in total. The predicted octanol–water partition coefficient (Wildman–Crippen LogP) is 3.20. The highest BCUT2D eigenvalue weighted by molar-refractivity contribution is 5.66. The largest absolute Gasteiger partial charge is 0.449 e. The Morgan fingerprint density at radius 2 is 2.06 bits per heavy atom. The van der Waals surface area contributed by atoms with Crippen LogP contribution in [0.5, 0.6) is 0 Å². The third-order valence-corrected chi connectivity index (χ3v) is 2.24. The second-order valence-corrected chi connectivity index (χ2v) is 3.93. The van der Waals surface area contributed by atoms with Crippen LogP contribution in [-0.2, 0) is 9.53 Å². The summed E-state index contributed by atoms with van der Waals surface area (Å²) in [5, 5.41) is 8.48. The standard InChI is InChI=1S/C14H21NO2/c1-3-4-5-6-7-8-10-14(11-9-12-15)17-13(2)16/h14H,3-7,9,11H2,1-2H3. The van der Waals surface area contributed by atoms with Crippen LogP contribution < -0.4 is 0 Å². The summed E-state index contributed by atoms with van der Waals surface area (Å²) in [7, 11) is 0. The summed E-state index contributed by atoms with van der Waals surface area (Å²) in [6.45, 7) is 3.53. The Bertz CT molecular complexity index is 306. The van der Waals surface area contributed by atoms with Crippen LogP contribution in [0, 0.1) is 23.2 Å². The molecular formula is C14H21NO2. The van der Waals surface area contributed by atoms with Gasteiger partial charge in [-0.2, -0.15) is 5.26 Å². The molecule has 0 aliphatic carbocycles. The van der Waals surface area contributed by atoms with E-state index in [0.29, 0.717) is 12.8 Å². The smallest absolute Gasteiger partial charge is 0.303 e. The molecule has 3 heteroatoms. The summed E-state index contributed by atoms with van der Waals surface area (Å²) >= 11 is 0. The molecular weight excluding hydrogens is 214 g/mol. The van der Waals surface area contributed by atoms with Crippen molar-refractivity contribution in [2.45, 2.75) is 64.9 Å². The maximum atomic E-state index is 10.8. The van der Waals surface area contributed by atoms with Gasteiger partial charge >= 0.3 is 5.97 Å². The summed E-state index contributed by atoms with van der Waals surface area (Å²) < 4.78 is 5.02. The Kier molecular flexibility index (Phi) is 10.1. The van der Waals surface area contributed by atoms with Gasteiger partial charge in [-0.1, -0.05) is 38.0 Å². The van der Waals surface area contributed by atoms with Crippen molar-refractivity contribution < 1.29 is 9.53 Å². The minimum atomic E-state index is -0.418. The predicted molar refractivity (Wildman–Crippen MR) is 66.9 cm³/mol. The fourth-order valence-electron chi connectivity index (χ4n) is 1.38. The quantitative estimate of drug-likeness (QED) is 0.387. The van der Waals surface area contributed by atoms with Crippen LogP contribution >= 0.6 is 0 Å². The van der Waals surface area contributed by atoms with Crippen molar-refractivity contribution in [2.24, 2.45) is 0 Å². The summed E-state index contributed by atoms with van der Waals surface area (Å²) in [4.78, 5) is 10.8. The van der Waals surface area contributed by atoms with Gasteiger partial charge in [-0.05, 0) is 6.42 Å². The van der Waals surface area contributed by atoms with Gasteiger partial charge < -0.3 is 4.74 Å². The van der Waals surface area contributed by atoms with Gasteiger partial charge in [0, 0.05) is 26.2 Å². The molecule has 94 valence electrons. The third kappa shape index (κ3) is 10.8. The van der Waals surface area contributed by atoms with E-state index in [1.54, 1.807) is 0 Å². The van der Waals surface area contributed by atoms with Crippen LogP contribution in [0.1, 0.15) is 58.8 Å². The van der Waals surface area contributed by atoms with Crippen LogP contribution in [-0.4, -0.2) is 12.1 Å². The summed E-state index contributed by atoms with van der Waals surface area (Å²) in [5.74, 6) is 5.60. The summed E-state index contributed by atoms with van der Waals surface area (Å²) in [6.07, 6.45) is 6.02. The molecule has 0 saturated carbocycles. The van der Waals surface area contributed by atoms with E-state index in [-0.39, 0.29) is 5.97 Å². The van der Waals surface area contributed by atoms with Crippen LogP contribution in [0.25, 0.3) is 0 Å². The number of unbranched alkanes of at least 4 members (excludes halogenated alkanes) is 4. The van der Waals surface area contributed by atoms with Gasteiger partial charge in [-0.3, -0.25) is 4.79 Å². The molecule has 1 unspecified atom stereocenters. The lowest BCUT2D eigenvalue weighted by Crippen LogP contribution is -2.13. The molecule has 0 aliphatic heterocycles. The first-order valence-corrected chi connectivity index (χ1v) is 6.23. The number of esters is 1. The molecule has 0 heterocycles. The van der Waals surface area contributed by atoms with E-state index >= 15 is 0 Å². The first-order valence-electron chi connectivity index (χ1n) is 6.23. The molecule has 0 radical (unpaired) electrons. The monoisotopic (exact) mass is 235 g/mol. The molecule has 0 spiro atoms. The second kappa shape index (κ2) is 11.0. The Hall–Kier alpha value is -1.48. The van der Waals surface area contributed by atoms with E-state index in [1.807, 2.05) is 6.07 Å². The highest BCUT2D eigenvalue weighted by Crippen LogP contribution is 2.03. The first-order chi connectivity index (χ1) is 8.20. The molecule has 0 aromatic heterocycles. The molecule has 0 saturated heterocycles. The average Bonchev–Trinajstić information content (AvgIpc) is 2.29. The van der Waals surface area contributed by atoms with Gasteiger partial charge in [0.25, 0.3) is 0 Å². The van der Waals surface area contributed by atoms with Gasteiger partial charge in [-0.25, -0.2) is 0 Å². The molecule has 17 heavy (non-hydrogen) atoms. The zero-order valence-corrected chi connectivity index (χ0v) is 10.8. The molecule has 1 atom stereocenters. The fourth-order valence-corrected chi connectivity index (χ4v) is 1.38. The zero-order valence-electron chi connectivity index (χ0n) is 10.8. The van der Waals surface area contributed by atoms with Crippen molar-refractivity contribution in [1.82, 2.24) is 0 Å². The molecule has 0 bridgehead atoms. The van der Waals surface area contributed by atoms with E-state index in [2.05, 4.69) is 18.8 Å². The van der Waals surface area contributed by atoms with Gasteiger partial charge in [0.2, 0.25) is 0 Å². The normalized spacial score (nSPS) is 10.9. The number of nitrogens with zero attached hydrogens (tertiary/aromatic N) is 1. The molecule has 0 aliphatic rings. The van der Waals surface area contributed by atoms with Crippen molar-refractivity contribution in [3.8, 4) is 17.9 Å². The topological polar surface area (TPSA) is 50.1 Å². The van der Waals surface area contributed by atoms with Gasteiger partial charge in [0.05, 0.1) is 6.07 Å². The van der Waals surface area contributed by atoms with Crippen molar-refractivity contribution in [3.05, 3.63) is 0 Å². The summed E-state index contributed by atoms with van der Waals surface area (Å²) in [6, 6.07) is 2.03. The highest BCUT2D eigenvalue weighted by Gasteiger charge is 2.07. The lowest BCUT2D eigenvalue weighted by Gasteiger charge is -2.08. The average molecular weight is 235 g/mol. The minimum absolute atomic E-state index is 0.340. The van der Waals surface area contributed by atoms with Gasteiger partial charge in [-0.15, -0.1) is 0 Å². The molecule has 0 rings (SSSR count). The Morgan fingerprint density at radius 1 is 1.29 bits per heavy atom. The zero-order chi connectivity index (χ0) is 12.9. The molecule has 0 amide bonds. The highest BCUT2D eigenvalue weighted by atomic mass is 16.5. The number of carbonyl (C=O) groups excluding carboxylic acids is 1. The first kappa shape index (κ1) is 15.5. The molecule has 0 aromatic rings. The molecule has 0 aromatic carbocycles. The van der Waals surface area contributed by atoms with Gasteiger partial charge in [0.15, 0.2) is 6.10 Å². The number of hydrogen-bond donors (Lipinski definition) is 0. The minimum Gasteiger partial charge on any atom is -0.449 e. The van der Waals surface area contributed by atoms with E-state index in [4.69, 9.17) is 10.00 Å². The van der Waals surface area contributed by atoms with Crippen LogP contribution in [0.4, 0.5) is 0 Å². The maximum Gasteiger partial charge on any atom is 0.303 e. The van der Waals surface area contributed by atoms with Crippen molar-refractivity contribution in [3.63, 3.8) is 0 Å². The van der Waals surface area contributed by atoms with Crippen molar-refractivity contribution >= 4 is 5.97 Å². The maximum absolute atomic E-state index is 10.8. The van der Waals surface area contributed by atoms with E-state index in [1.165, 1.54) is 26.2 Å². The van der Waals surface area contributed by atoms with E-state index < -0.39 is 6.10 Å². The lowest BCUT2D eigenvalue weighted by molar-refractivity contribution is -0.143. The fraction of sp³-hybridized carbons (Fsp3) is 0.714. The van der Waals surface area contributed by atoms with Crippen molar-refractivity contribution in [2.75, 3.05) is 0 Å². The number of hydrogen-bond acceptors (Lipinski definition) is 3. The van der Waals surface area contributed by atoms with Crippen molar-refractivity contribution in [1.29, 1.82) is 5.26 Å². The third-order valence-electron chi connectivity index (χ3n) is 2.24. The molecule has 0 fully saturated rings. The number of ether oxygens (including phenoxy) is 1. The number of carbonyl (C=O) groups is 1. The van der Waals surface area contributed by atoms with Crippen LogP contribution in [0.15, 0.2) is 0 Å². The number of nitriles is 1. The second-order valence-electron chi connectivity index (χ2n) is 3.93.